The molecule has 1 aliphatic heterocycles. The van der Waals surface area contributed by atoms with Gasteiger partial charge in [0.15, 0.2) is 0 Å². The molecule has 3 amide bonds. The molecule has 0 unspecified atom stereocenters. The van der Waals surface area contributed by atoms with Crippen LogP contribution in [0.4, 0.5) is 4.79 Å². The van der Waals surface area contributed by atoms with Crippen molar-refractivity contribution in [1.29, 1.82) is 0 Å². The molecule has 0 spiro atoms. The summed E-state index contributed by atoms with van der Waals surface area (Å²) >= 11 is 0. The lowest BCUT2D eigenvalue weighted by molar-refractivity contribution is -0.124. The van der Waals surface area contributed by atoms with Crippen LogP contribution in [0, 0.1) is 0 Å². The quantitative estimate of drug-likeness (QED) is 0.567. The molecule has 0 aromatic heterocycles. The van der Waals surface area contributed by atoms with E-state index in [1.54, 1.807) is 6.92 Å². The summed E-state index contributed by atoms with van der Waals surface area (Å²) in [6.07, 6.45) is 0. The van der Waals surface area contributed by atoms with Gasteiger partial charge in [-0.3, -0.25) is 9.69 Å². The predicted octanol–water partition coefficient (Wildman–Crippen LogP) is 0.584. The van der Waals surface area contributed by atoms with Crippen molar-refractivity contribution in [2.45, 2.75) is 20.8 Å². The van der Waals surface area contributed by atoms with Crippen molar-refractivity contribution >= 4 is 11.9 Å². The van der Waals surface area contributed by atoms with Gasteiger partial charge in [0.25, 0.3) is 0 Å². The van der Waals surface area contributed by atoms with Gasteiger partial charge in [-0.1, -0.05) is 13.8 Å². The number of nitrogens with zero attached hydrogens (tertiary/aromatic N) is 1. The van der Waals surface area contributed by atoms with Gasteiger partial charge >= 0.3 is 6.03 Å². The van der Waals surface area contributed by atoms with Crippen LogP contribution in [-0.2, 0) is 4.79 Å². The molecule has 4 nitrogen and oxygen atoms in total. The van der Waals surface area contributed by atoms with Gasteiger partial charge in [0.2, 0.25) is 5.91 Å². The summed E-state index contributed by atoms with van der Waals surface area (Å²) < 4.78 is 0. The average Bonchev–Trinajstić information content (AvgIpc) is 2.35. The second kappa shape index (κ2) is 4.71. The SMILES string of the molecule is CC.CCN1C(=O)CNC1=O. The Hall–Kier alpha value is -1.06. The van der Waals surface area contributed by atoms with Crippen LogP contribution in [-0.4, -0.2) is 29.9 Å². The Morgan fingerprint density at radius 1 is 1.45 bits per heavy atom. The first-order valence-electron chi connectivity index (χ1n) is 3.84. The van der Waals surface area contributed by atoms with Crippen LogP contribution in [0.3, 0.4) is 0 Å². The second-order valence-corrected chi connectivity index (χ2v) is 1.80. The Bertz CT molecular complexity index is 141. The van der Waals surface area contributed by atoms with Crippen LogP contribution in [0.15, 0.2) is 0 Å². The highest BCUT2D eigenvalue weighted by molar-refractivity contribution is 6.01. The van der Waals surface area contributed by atoms with E-state index < -0.39 is 0 Å². The predicted molar refractivity (Wildman–Crippen MR) is 42.1 cm³/mol. The third-order valence-corrected chi connectivity index (χ3v) is 1.25. The summed E-state index contributed by atoms with van der Waals surface area (Å²) in [5, 5.41) is 2.41. The van der Waals surface area contributed by atoms with E-state index in [4.69, 9.17) is 0 Å². The minimum atomic E-state index is -0.275. The number of hydrogen-bond donors (Lipinski definition) is 1. The number of imide groups is 1. The van der Waals surface area contributed by atoms with Gasteiger partial charge in [0, 0.05) is 6.54 Å². The maximum absolute atomic E-state index is 10.7. The lowest BCUT2D eigenvalue weighted by Gasteiger charge is -2.06. The minimum absolute atomic E-state index is 0.137. The lowest BCUT2D eigenvalue weighted by atomic mass is 10.5. The Balaban J connectivity index is 0.000000461. The number of rotatable bonds is 1. The first-order valence-corrected chi connectivity index (χ1v) is 3.84. The molecule has 1 saturated heterocycles. The number of urea groups is 1. The molecular weight excluding hydrogens is 144 g/mol. The standard InChI is InChI=1S/C5H8N2O2.C2H6/c1-2-7-4(8)3-6-5(7)9;1-2/h2-3H2,1H3,(H,6,9);1-2H3. The fourth-order valence-electron chi connectivity index (χ4n) is 0.775. The van der Waals surface area contributed by atoms with Crippen LogP contribution >= 0.6 is 0 Å². The summed E-state index contributed by atoms with van der Waals surface area (Å²) in [6, 6.07) is -0.275. The minimum Gasteiger partial charge on any atom is -0.329 e. The van der Waals surface area contributed by atoms with Gasteiger partial charge in [0.05, 0.1) is 6.54 Å². The van der Waals surface area contributed by atoms with Gasteiger partial charge in [-0.2, -0.15) is 0 Å². The Morgan fingerprint density at radius 2 is 2.00 bits per heavy atom. The smallest absolute Gasteiger partial charge is 0.324 e. The van der Waals surface area contributed by atoms with Crippen LogP contribution in [0.1, 0.15) is 20.8 Å². The van der Waals surface area contributed by atoms with Crippen molar-refractivity contribution in [2.75, 3.05) is 13.1 Å². The van der Waals surface area contributed by atoms with E-state index in [0.29, 0.717) is 6.54 Å². The van der Waals surface area contributed by atoms with Crippen molar-refractivity contribution in [3.63, 3.8) is 0 Å². The fourth-order valence-corrected chi connectivity index (χ4v) is 0.775. The number of carbonyl (C=O) groups excluding carboxylic acids is 2. The Kier molecular flexibility index (Phi) is 4.26. The molecule has 4 heteroatoms. The van der Waals surface area contributed by atoms with E-state index in [1.807, 2.05) is 13.8 Å². The van der Waals surface area contributed by atoms with Gasteiger partial charge in [-0.15, -0.1) is 0 Å². The number of hydrogen-bond acceptors (Lipinski definition) is 2. The first-order chi connectivity index (χ1) is 5.25. The van der Waals surface area contributed by atoms with E-state index in [9.17, 15) is 9.59 Å². The molecule has 0 bridgehead atoms. The molecule has 0 radical (unpaired) electrons. The number of nitrogens with one attached hydrogen (secondary N) is 1. The van der Waals surface area contributed by atoms with E-state index in [0.717, 1.165) is 0 Å². The van der Waals surface area contributed by atoms with Gasteiger partial charge in [-0.25, -0.2) is 4.79 Å². The van der Waals surface area contributed by atoms with E-state index >= 15 is 0 Å². The van der Waals surface area contributed by atoms with Crippen molar-refractivity contribution in [3.8, 4) is 0 Å². The average molecular weight is 158 g/mol. The van der Waals surface area contributed by atoms with Gasteiger partial charge in [-0.05, 0) is 6.92 Å². The molecular formula is C7H14N2O2. The normalized spacial score (nSPS) is 15.7. The zero-order valence-electron chi connectivity index (χ0n) is 7.18. The molecule has 1 aliphatic rings. The molecule has 1 fully saturated rings. The highest BCUT2D eigenvalue weighted by atomic mass is 16.2. The molecule has 0 aliphatic carbocycles. The highest BCUT2D eigenvalue weighted by Crippen LogP contribution is 1.95. The second-order valence-electron chi connectivity index (χ2n) is 1.80. The van der Waals surface area contributed by atoms with Gasteiger partial charge < -0.3 is 5.32 Å². The molecule has 0 atom stereocenters. The van der Waals surface area contributed by atoms with Crippen molar-refractivity contribution < 1.29 is 9.59 Å². The zero-order valence-corrected chi connectivity index (χ0v) is 7.18. The van der Waals surface area contributed by atoms with Crippen molar-refractivity contribution in [2.24, 2.45) is 0 Å². The van der Waals surface area contributed by atoms with E-state index in [-0.39, 0.29) is 18.5 Å². The monoisotopic (exact) mass is 158 g/mol. The molecule has 0 aromatic rings. The molecule has 64 valence electrons. The van der Waals surface area contributed by atoms with Crippen molar-refractivity contribution in [3.05, 3.63) is 0 Å². The third kappa shape index (κ3) is 2.22. The summed E-state index contributed by atoms with van der Waals surface area (Å²) in [5.74, 6) is -0.137. The summed E-state index contributed by atoms with van der Waals surface area (Å²) in [7, 11) is 0. The maximum atomic E-state index is 10.7. The highest BCUT2D eigenvalue weighted by Gasteiger charge is 2.25. The van der Waals surface area contributed by atoms with E-state index in [2.05, 4.69) is 5.32 Å². The topological polar surface area (TPSA) is 49.4 Å². The third-order valence-electron chi connectivity index (χ3n) is 1.25. The molecule has 1 rings (SSSR count). The van der Waals surface area contributed by atoms with Gasteiger partial charge in [0.1, 0.15) is 0 Å². The largest absolute Gasteiger partial charge is 0.329 e. The van der Waals surface area contributed by atoms with Crippen LogP contribution in [0.2, 0.25) is 0 Å². The molecule has 1 N–H and O–H groups in total. The Labute approximate surface area is 66.6 Å². The number of likely N-dealkylation sites (N-methyl/N-ethyl adjacent to an activating group) is 1. The summed E-state index contributed by atoms with van der Waals surface area (Å²) in [4.78, 5) is 22.4. The molecule has 0 aromatic carbocycles. The first kappa shape index (κ1) is 9.94. The summed E-state index contributed by atoms with van der Waals surface area (Å²) in [6.45, 7) is 6.39. The molecule has 1 heterocycles. The summed E-state index contributed by atoms with van der Waals surface area (Å²) in [5.41, 5.74) is 0. The number of carbonyl (C=O) groups is 2. The lowest BCUT2D eigenvalue weighted by Crippen LogP contribution is -2.30. The molecule has 11 heavy (non-hydrogen) atoms. The van der Waals surface area contributed by atoms with E-state index in [1.165, 1.54) is 4.90 Å². The van der Waals surface area contributed by atoms with Crippen LogP contribution < -0.4 is 5.32 Å². The van der Waals surface area contributed by atoms with Crippen molar-refractivity contribution in [1.82, 2.24) is 10.2 Å². The maximum Gasteiger partial charge on any atom is 0.324 e. The zero-order chi connectivity index (χ0) is 8.85. The van der Waals surface area contributed by atoms with Crippen LogP contribution in [0.5, 0.6) is 0 Å². The van der Waals surface area contributed by atoms with Crippen LogP contribution in [0.25, 0.3) is 0 Å². The molecule has 0 saturated carbocycles. The number of amides is 3. The Morgan fingerprint density at radius 3 is 2.18 bits per heavy atom. The fraction of sp³-hybridized carbons (Fsp3) is 0.714.